The summed E-state index contributed by atoms with van der Waals surface area (Å²) in [4.78, 5) is 3.29. The Morgan fingerprint density at radius 2 is 2.00 bits per heavy atom. The summed E-state index contributed by atoms with van der Waals surface area (Å²) in [6.45, 7) is 0.698. The Bertz CT molecular complexity index is 477. The van der Waals surface area contributed by atoms with Crippen molar-refractivity contribution in [2.24, 2.45) is 5.73 Å². The van der Waals surface area contributed by atoms with E-state index in [1.165, 1.54) is 0 Å². The van der Waals surface area contributed by atoms with E-state index in [1.54, 1.807) is 6.07 Å². The highest BCUT2D eigenvalue weighted by Crippen LogP contribution is 2.28. The van der Waals surface area contributed by atoms with Gasteiger partial charge in [0.15, 0.2) is 0 Å². The Kier molecular flexibility index (Phi) is 3.19. The Hall–Kier alpha value is -0.700. The van der Waals surface area contributed by atoms with Crippen LogP contribution in [0, 0.1) is 0 Å². The molecule has 15 heavy (non-hydrogen) atoms. The van der Waals surface area contributed by atoms with E-state index in [0.717, 1.165) is 29.4 Å². The van der Waals surface area contributed by atoms with Crippen molar-refractivity contribution in [3.63, 3.8) is 0 Å². The Morgan fingerprint density at radius 1 is 1.20 bits per heavy atom. The van der Waals surface area contributed by atoms with Gasteiger partial charge in [0.1, 0.15) is 0 Å². The zero-order valence-electron chi connectivity index (χ0n) is 8.19. The number of fused-ring (bicyclic) bond motifs is 1. The van der Waals surface area contributed by atoms with Gasteiger partial charge in [-0.1, -0.05) is 23.2 Å². The predicted octanol–water partition coefficient (Wildman–Crippen LogP) is 3.37. The molecule has 2 rings (SSSR count). The van der Waals surface area contributed by atoms with Crippen LogP contribution in [0.15, 0.2) is 18.2 Å². The van der Waals surface area contributed by atoms with Crippen LogP contribution in [-0.4, -0.2) is 11.5 Å². The highest BCUT2D eigenvalue weighted by Gasteiger charge is 2.05. The van der Waals surface area contributed by atoms with Gasteiger partial charge in [0.2, 0.25) is 0 Å². The lowest BCUT2D eigenvalue weighted by molar-refractivity contribution is 0.818. The van der Waals surface area contributed by atoms with E-state index in [9.17, 15) is 0 Å². The van der Waals surface area contributed by atoms with Crippen molar-refractivity contribution in [2.45, 2.75) is 12.8 Å². The van der Waals surface area contributed by atoms with Crippen LogP contribution >= 0.6 is 23.2 Å². The van der Waals surface area contributed by atoms with Gasteiger partial charge >= 0.3 is 0 Å². The van der Waals surface area contributed by atoms with Gasteiger partial charge in [0.25, 0.3) is 0 Å². The minimum Gasteiger partial charge on any atom is -0.358 e. The number of aryl methyl sites for hydroxylation is 1. The molecule has 2 nitrogen and oxygen atoms in total. The summed E-state index contributed by atoms with van der Waals surface area (Å²) >= 11 is 12.0. The van der Waals surface area contributed by atoms with E-state index in [4.69, 9.17) is 28.9 Å². The van der Waals surface area contributed by atoms with Crippen molar-refractivity contribution in [1.29, 1.82) is 0 Å². The molecule has 0 saturated carbocycles. The summed E-state index contributed by atoms with van der Waals surface area (Å²) in [6, 6.07) is 5.70. The highest BCUT2D eigenvalue weighted by atomic mass is 35.5. The number of aromatic nitrogens is 1. The first-order valence-corrected chi connectivity index (χ1v) is 5.63. The van der Waals surface area contributed by atoms with E-state index in [1.807, 2.05) is 6.07 Å². The number of aromatic amines is 1. The minimum atomic E-state index is 0.653. The lowest BCUT2D eigenvalue weighted by Gasteiger charge is -1.94. The number of hydrogen-bond acceptors (Lipinski definition) is 1. The van der Waals surface area contributed by atoms with Gasteiger partial charge in [0, 0.05) is 21.6 Å². The fourth-order valence-electron chi connectivity index (χ4n) is 1.65. The summed E-state index contributed by atoms with van der Waals surface area (Å²) < 4.78 is 0. The normalized spacial score (nSPS) is 11.1. The molecule has 1 aromatic carbocycles. The SMILES string of the molecule is NCCCc1cc2c(Cl)cc(Cl)cc2[nH]1. The third kappa shape index (κ3) is 2.28. The van der Waals surface area contributed by atoms with E-state index < -0.39 is 0 Å². The molecular formula is C11H12Cl2N2. The van der Waals surface area contributed by atoms with Gasteiger partial charge in [-0.2, -0.15) is 0 Å². The average molecular weight is 243 g/mol. The highest BCUT2D eigenvalue weighted by molar-refractivity contribution is 6.38. The molecule has 2 aromatic rings. The van der Waals surface area contributed by atoms with Gasteiger partial charge < -0.3 is 10.7 Å². The van der Waals surface area contributed by atoms with Crippen LogP contribution in [-0.2, 0) is 6.42 Å². The molecule has 0 atom stereocenters. The molecule has 0 bridgehead atoms. The smallest absolute Gasteiger partial charge is 0.0514 e. The molecular weight excluding hydrogens is 231 g/mol. The third-order valence-electron chi connectivity index (χ3n) is 2.36. The molecule has 1 aromatic heterocycles. The van der Waals surface area contributed by atoms with Crippen LogP contribution in [0.25, 0.3) is 10.9 Å². The fraction of sp³-hybridized carbons (Fsp3) is 0.273. The quantitative estimate of drug-likeness (QED) is 0.852. The van der Waals surface area contributed by atoms with Crippen molar-refractivity contribution in [2.75, 3.05) is 6.54 Å². The molecule has 0 fully saturated rings. The van der Waals surface area contributed by atoms with Crippen LogP contribution in [0.2, 0.25) is 10.0 Å². The molecule has 0 radical (unpaired) electrons. The number of benzene rings is 1. The molecule has 0 aliphatic rings. The first kappa shape index (κ1) is 10.8. The first-order valence-electron chi connectivity index (χ1n) is 4.87. The molecule has 80 valence electrons. The second kappa shape index (κ2) is 4.44. The molecule has 0 aliphatic carbocycles. The zero-order valence-corrected chi connectivity index (χ0v) is 9.70. The van der Waals surface area contributed by atoms with Crippen LogP contribution in [0.1, 0.15) is 12.1 Å². The molecule has 0 spiro atoms. The predicted molar refractivity (Wildman–Crippen MR) is 65.7 cm³/mol. The fourth-order valence-corrected chi connectivity index (χ4v) is 2.19. The molecule has 0 saturated heterocycles. The zero-order chi connectivity index (χ0) is 10.8. The maximum Gasteiger partial charge on any atom is 0.0514 e. The summed E-state index contributed by atoms with van der Waals surface area (Å²) in [5.74, 6) is 0. The van der Waals surface area contributed by atoms with E-state index >= 15 is 0 Å². The van der Waals surface area contributed by atoms with Gasteiger partial charge in [-0.05, 0) is 37.6 Å². The second-order valence-corrected chi connectivity index (χ2v) is 4.38. The monoisotopic (exact) mass is 242 g/mol. The number of nitrogens with one attached hydrogen (secondary N) is 1. The number of rotatable bonds is 3. The van der Waals surface area contributed by atoms with Crippen LogP contribution in [0.5, 0.6) is 0 Å². The van der Waals surface area contributed by atoms with Gasteiger partial charge in [-0.25, -0.2) is 0 Å². The van der Waals surface area contributed by atoms with Gasteiger partial charge in [0.05, 0.1) is 5.02 Å². The van der Waals surface area contributed by atoms with E-state index in [2.05, 4.69) is 11.1 Å². The van der Waals surface area contributed by atoms with Crippen molar-refractivity contribution < 1.29 is 0 Å². The number of halogens is 2. The lowest BCUT2D eigenvalue weighted by Crippen LogP contribution is -2.00. The average Bonchev–Trinajstić information content (AvgIpc) is 2.57. The van der Waals surface area contributed by atoms with Crippen LogP contribution in [0.4, 0.5) is 0 Å². The summed E-state index contributed by atoms with van der Waals surface area (Å²) in [6.07, 6.45) is 1.91. The number of H-pyrrole nitrogens is 1. The number of hydrogen-bond donors (Lipinski definition) is 2. The maximum absolute atomic E-state index is 6.08. The van der Waals surface area contributed by atoms with E-state index in [-0.39, 0.29) is 0 Å². The van der Waals surface area contributed by atoms with Crippen molar-refractivity contribution in [3.05, 3.63) is 33.9 Å². The molecule has 1 heterocycles. The van der Waals surface area contributed by atoms with Crippen LogP contribution < -0.4 is 5.73 Å². The van der Waals surface area contributed by atoms with Gasteiger partial charge in [-0.15, -0.1) is 0 Å². The van der Waals surface area contributed by atoms with Crippen molar-refractivity contribution >= 4 is 34.1 Å². The first-order chi connectivity index (χ1) is 7.20. The summed E-state index contributed by atoms with van der Waals surface area (Å²) in [5, 5.41) is 2.36. The van der Waals surface area contributed by atoms with Gasteiger partial charge in [-0.3, -0.25) is 0 Å². The second-order valence-electron chi connectivity index (χ2n) is 3.54. The third-order valence-corrected chi connectivity index (χ3v) is 2.89. The maximum atomic E-state index is 6.08. The van der Waals surface area contributed by atoms with Crippen molar-refractivity contribution in [1.82, 2.24) is 4.98 Å². The Labute approximate surface area is 98.4 Å². The molecule has 0 unspecified atom stereocenters. The summed E-state index contributed by atoms with van der Waals surface area (Å²) in [7, 11) is 0. The Morgan fingerprint density at radius 3 is 2.73 bits per heavy atom. The standard InChI is InChI=1S/C11H12Cl2N2/c12-7-4-10(13)9-6-8(2-1-3-14)15-11(9)5-7/h4-6,15H,1-3,14H2. The molecule has 4 heteroatoms. The van der Waals surface area contributed by atoms with Crippen LogP contribution in [0.3, 0.4) is 0 Å². The minimum absolute atomic E-state index is 0.653. The summed E-state index contributed by atoms with van der Waals surface area (Å²) in [5.41, 5.74) is 7.60. The molecule has 0 amide bonds. The molecule has 3 N–H and O–H groups in total. The lowest BCUT2D eigenvalue weighted by atomic mass is 10.2. The van der Waals surface area contributed by atoms with E-state index in [0.29, 0.717) is 16.6 Å². The molecule has 0 aliphatic heterocycles. The number of nitrogens with two attached hydrogens (primary N) is 1. The topological polar surface area (TPSA) is 41.8 Å². The Balaban J connectivity index is 2.41. The largest absolute Gasteiger partial charge is 0.358 e. The van der Waals surface area contributed by atoms with Crippen molar-refractivity contribution in [3.8, 4) is 0 Å².